The zero-order valence-electron chi connectivity index (χ0n) is 11.1. The quantitative estimate of drug-likeness (QED) is 0.734. The first kappa shape index (κ1) is 15.5. The Balaban J connectivity index is 2.69. The van der Waals surface area contributed by atoms with Crippen LogP contribution in [-0.4, -0.2) is 42.7 Å². The first-order valence-corrected chi connectivity index (χ1v) is 5.77. The highest BCUT2D eigenvalue weighted by atomic mass is 16.6. The van der Waals surface area contributed by atoms with E-state index >= 15 is 0 Å². The van der Waals surface area contributed by atoms with Crippen molar-refractivity contribution in [1.82, 2.24) is 5.32 Å². The molecule has 0 saturated heterocycles. The molecule has 0 saturated carbocycles. The number of benzene rings is 1. The van der Waals surface area contributed by atoms with E-state index in [4.69, 9.17) is 9.84 Å². The predicted octanol–water partition coefficient (Wildman–Crippen LogP) is 0.441. The first-order valence-electron chi connectivity index (χ1n) is 5.77. The van der Waals surface area contributed by atoms with Crippen LogP contribution in [0.25, 0.3) is 0 Å². The fourth-order valence-corrected chi connectivity index (χ4v) is 1.27. The fourth-order valence-electron chi connectivity index (χ4n) is 1.27. The normalized spacial score (nSPS) is 11.3. The molecule has 1 unspecified atom stereocenters. The number of hydrogen-bond donors (Lipinski definition) is 2. The van der Waals surface area contributed by atoms with Crippen molar-refractivity contribution in [3.05, 3.63) is 29.8 Å². The summed E-state index contributed by atoms with van der Waals surface area (Å²) in [7, 11) is 1.24. The van der Waals surface area contributed by atoms with E-state index in [1.807, 2.05) is 0 Å². The monoisotopic (exact) mass is 281 g/mol. The van der Waals surface area contributed by atoms with Gasteiger partial charge in [0.05, 0.1) is 7.11 Å². The second-order valence-corrected chi connectivity index (χ2v) is 3.93. The maximum Gasteiger partial charge on any atom is 0.343 e. The highest BCUT2D eigenvalue weighted by Gasteiger charge is 2.15. The SMILES string of the molecule is COC(=O)COc1cccc(C(=O)NC(C)C(=O)O)c1. The summed E-state index contributed by atoms with van der Waals surface area (Å²) in [4.78, 5) is 33.4. The van der Waals surface area contributed by atoms with Crippen LogP contribution in [0, 0.1) is 0 Å². The molecule has 2 N–H and O–H groups in total. The Bertz CT molecular complexity index is 513. The molecule has 0 bridgehead atoms. The molecule has 7 heteroatoms. The minimum Gasteiger partial charge on any atom is -0.482 e. The largest absolute Gasteiger partial charge is 0.482 e. The highest BCUT2D eigenvalue weighted by Crippen LogP contribution is 2.13. The van der Waals surface area contributed by atoms with Crippen LogP contribution in [0.5, 0.6) is 5.75 Å². The van der Waals surface area contributed by atoms with Crippen LogP contribution in [0.15, 0.2) is 24.3 Å². The third-order valence-electron chi connectivity index (χ3n) is 2.40. The molecule has 0 aliphatic heterocycles. The standard InChI is InChI=1S/C13H15NO6/c1-8(13(17)18)14-12(16)9-4-3-5-10(6-9)20-7-11(15)19-2/h3-6,8H,7H2,1-2H3,(H,14,16)(H,17,18). The molecule has 0 aliphatic carbocycles. The summed E-state index contributed by atoms with van der Waals surface area (Å²) in [6, 6.07) is 5.05. The summed E-state index contributed by atoms with van der Waals surface area (Å²) >= 11 is 0. The summed E-state index contributed by atoms with van der Waals surface area (Å²) in [5.41, 5.74) is 0.237. The lowest BCUT2D eigenvalue weighted by Crippen LogP contribution is -2.38. The summed E-state index contributed by atoms with van der Waals surface area (Å²) in [6.45, 7) is 1.09. The third-order valence-corrected chi connectivity index (χ3v) is 2.40. The van der Waals surface area contributed by atoms with Gasteiger partial charge in [0.2, 0.25) is 0 Å². The zero-order valence-corrected chi connectivity index (χ0v) is 11.1. The number of carboxylic acid groups (broad SMARTS) is 1. The fraction of sp³-hybridized carbons (Fsp3) is 0.308. The van der Waals surface area contributed by atoms with Crippen molar-refractivity contribution in [2.24, 2.45) is 0 Å². The van der Waals surface area contributed by atoms with Gasteiger partial charge in [0.15, 0.2) is 6.61 Å². The molecule has 0 aliphatic rings. The lowest BCUT2D eigenvalue weighted by Gasteiger charge is -2.10. The minimum atomic E-state index is -1.13. The molecule has 1 amide bonds. The number of nitrogens with one attached hydrogen (secondary N) is 1. The van der Waals surface area contributed by atoms with Gasteiger partial charge < -0.3 is 19.9 Å². The smallest absolute Gasteiger partial charge is 0.343 e. The number of esters is 1. The van der Waals surface area contributed by atoms with Crippen LogP contribution in [0.1, 0.15) is 17.3 Å². The number of carbonyl (C=O) groups excluding carboxylic acids is 2. The minimum absolute atomic E-state index is 0.237. The van der Waals surface area contributed by atoms with E-state index in [9.17, 15) is 14.4 Å². The number of ether oxygens (including phenoxy) is 2. The summed E-state index contributed by atoms with van der Waals surface area (Å²) in [5.74, 6) is -1.90. The van der Waals surface area contributed by atoms with Gasteiger partial charge in [-0.2, -0.15) is 0 Å². The van der Waals surface area contributed by atoms with Crippen molar-refractivity contribution in [3.63, 3.8) is 0 Å². The number of carboxylic acids is 1. The van der Waals surface area contributed by atoms with Gasteiger partial charge in [0.1, 0.15) is 11.8 Å². The van der Waals surface area contributed by atoms with Crippen molar-refractivity contribution in [3.8, 4) is 5.75 Å². The number of aliphatic carboxylic acids is 1. The second kappa shape index (κ2) is 7.13. The summed E-state index contributed by atoms with van der Waals surface area (Å²) < 4.78 is 9.55. The molecule has 1 atom stereocenters. The van der Waals surface area contributed by atoms with Crippen LogP contribution in [0.3, 0.4) is 0 Å². The van der Waals surface area contributed by atoms with Crippen LogP contribution in [0.2, 0.25) is 0 Å². The van der Waals surface area contributed by atoms with E-state index < -0.39 is 23.9 Å². The summed E-state index contributed by atoms with van der Waals surface area (Å²) in [6.07, 6.45) is 0. The molecule has 1 aromatic carbocycles. The molecule has 108 valence electrons. The molecule has 0 aromatic heterocycles. The molecule has 1 aromatic rings. The molecule has 7 nitrogen and oxygen atoms in total. The highest BCUT2D eigenvalue weighted by molar-refractivity contribution is 5.96. The second-order valence-electron chi connectivity index (χ2n) is 3.93. The van der Waals surface area contributed by atoms with E-state index in [0.29, 0.717) is 5.75 Å². The average molecular weight is 281 g/mol. The van der Waals surface area contributed by atoms with Crippen molar-refractivity contribution in [2.45, 2.75) is 13.0 Å². The number of methoxy groups -OCH3 is 1. The summed E-state index contributed by atoms with van der Waals surface area (Å²) in [5, 5.41) is 11.0. The Hall–Kier alpha value is -2.57. The van der Waals surface area contributed by atoms with E-state index in [-0.39, 0.29) is 12.2 Å². The van der Waals surface area contributed by atoms with Crippen molar-refractivity contribution in [1.29, 1.82) is 0 Å². The lowest BCUT2D eigenvalue weighted by molar-refractivity contribution is -0.143. The van der Waals surface area contributed by atoms with Gasteiger partial charge in [0, 0.05) is 5.56 Å². The van der Waals surface area contributed by atoms with Gasteiger partial charge >= 0.3 is 11.9 Å². The predicted molar refractivity (Wildman–Crippen MR) is 68.5 cm³/mol. The van der Waals surface area contributed by atoms with Crippen LogP contribution in [-0.2, 0) is 14.3 Å². The maximum atomic E-state index is 11.8. The van der Waals surface area contributed by atoms with E-state index in [1.165, 1.54) is 26.2 Å². The Morgan fingerprint density at radius 3 is 2.65 bits per heavy atom. The Labute approximate surface area is 115 Å². The zero-order chi connectivity index (χ0) is 15.1. The van der Waals surface area contributed by atoms with Gasteiger partial charge in [-0.25, -0.2) is 4.79 Å². The molecule has 0 spiro atoms. The molecule has 1 rings (SSSR count). The Morgan fingerprint density at radius 2 is 2.05 bits per heavy atom. The lowest BCUT2D eigenvalue weighted by atomic mass is 10.2. The van der Waals surface area contributed by atoms with E-state index in [0.717, 1.165) is 0 Å². The van der Waals surface area contributed by atoms with Crippen molar-refractivity contribution >= 4 is 17.8 Å². The van der Waals surface area contributed by atoms with Gasteiger partial charge in [-0.05, 0) is 25.1 Å². The van der Waals surface area contributed by atoms with E-state index in [2.05, 4.69) is 10.1 Å². The van der Waals surface area contributed by atoms with Crippen molar-refractivity contribution < 1.29 is 29.0 Å². The van der Waals surface area contributed by atoms with Gasteiger partial charge in [-0.15, -0.1) is 0 Å². The number of hydrogen-bond acceptors (Lipinski definition) is 5. The van der Waals surface area contributed by atoms with Crippen LogP contribution < -0.4 is 10.1 Å². The van der Waals surface area contributed by atoms with Crippen molar-refractivity contribution in [2.75, 3.05) is 13.7 Å². The molecular formula is C13H15NO6. The number of amides is 1. The number of rotatable bonds is 6. The molecule has 0 radical (unpaired) electrons. The molecule has 20 heavy (non-hydrogen) atoms. The first-order chi connectivity index (χ1) is 9.43. The van der Waals surface area contributed by atoms with Gasteiger partial charge in [0.25, 0.3) is 5.91 Å². The third kappa shape index (κ3) is 4.60. The van der Waals surface area contributed by atoms with Crippen LogP contribution in [0.4, 0.5) is 0 Å². The Morgan fingerprint density at radius 1 is 1.35 bits per heavy atom. The molecule has 0 heterocycles. The van der Waals surface area contributed by atoms with Crippen LogP contribution >= 0.6 is 0 Å². The topological polar surface area (TPSA) is 102 Å². The van der Waals surface area contributed by atoms with Gasteiger partial charge in [-0.1, -0.05) is 6.07 Å². The Kier molecular flexibility index (Phi) is 5.52. The average Bonchev–Trinajstić information content (AvgIpc) is 2.44. The maximum absolute atomic E-state index is 11.8. The molecular weight excluding hydrogens is 266 g/mol. The molecule has 0 fully saturated rings. The van der Waals surface area contributed by atoms with E-state index in [1.54, 1.807) is 12.1 Å². The van der Waals surface area contributed by atoms with Gasteiger partial charge in [-0.3, -0.25) is 9.59 Å². The number of carbonyl (C=O) groups is 3.